The second-order valence-electron chi connectivity index (χ2n) is 8.21. The lowest BCUT2D eigenvalue weighted by Gasteiger charge is -2.32. The van der Waals surface area contributed by atoms with E-state index in [1.54, 1.807) is 10.6 Å². The van der Waals surface area contributed by atoms with E-state index in [1.807, 2.05) is 19.1 Å². The van der Waals surface area contributed by atoms with Gasteiger partial charge in [0.2, 0.25) is 0 Å². The van der Waals surface area contributed by atoms with Crippen LogP contribution in [0.3, 0.4) is 0 Å². The summed E-state index contributed by atoms with van der Waals surface area (Å²) in [5, 5.41) is 1.35. The highest BCUT2D eigenvalue weighted by Gasteiger charge is 2.23. The molecule has 0 aliphatic carbocycles. The fourth-order valence-corrected chi connectivity index (χ4v) is 5.05. The van der Waals surface area contributed by atoms with Crippen LogP contribution in [-0.2, 0) is 6.42 Å². The molecule has 0 atom stereocenters. The van der Waals surface area contributed by atoms with Gasteiger partial charge in [0.25, 0.3) is 5.56 Å². The van der Waals surface area contributed by atoms with Crippen LogP contribution in [0.1, 0.15) is 35.6 Å². The number of rotatable bonds is 4. The zero-order valence-electron chi connectivity index (χ0n) is 17.1. The summed E-state index contributed by atoms with van der Waals surface area (Å²) < 4.78 is 2.53. The zero-order chi connectivity index (χ0) is 20.7. The van der Waals surface area contributed by atoms with E-state index >= 15 is 0 Å². The van der Waals surface area contributed by atoms with Crippen molar-refractivity contribution in [1.29, 1.82) is 0 Å². The van der Waals surface area contributed by atoms with Gasteiger partial charge in [-0.25, -0.2) is 4.98 Å². The normalized spacial score (nSPS) is 15.9. The maximum absolute atomic E-state index is 13.0. The third kappa shape index (κ3) is 3.59. The van der Waals surface area contributed by atoms with E-state index in [0.29, 0.717) is 11.6 Å². The number of halogens is 1. The highest BCUT2D eigenvalue weighted by molar-refractivity contribution is 9.10. The molecule has 1 aromatic carbocycles. The van der Waals surface area contributed by atoms with Gasteiger partial charge in [-0.1, -0.05) is 18.2 Å². The largest absolute Gasteiger partial charge is 0.361 e. The molecule has 1 aliphatic heterocycles. The number of hydrogen-bond acceptors (Lipinski definition) is 3. The Morgan fingerprint density at radius 2 is 1.97 bits per heavy atom. The number of H-pyrrole nitrogens is 1. The Labute approximate surface area is 183 Å². The van der Waals surface area contributed by atoms with Gasteiger partial charge in [-0.3, -0.25) is 9.20 Å². The number of aromatic amines is 1. The summed E-state index contributed by atoms with van der Waals surface area (Å²) in [7, 11) is 0. The Balaban J connectivity index is 1.27. The second kappa shape index (κ2) is 8.00. The Morgan fingerprint density at radius 3 is 2.80 bits per heavy atom. The maximum atomic E-state index is 13.0. The lowest BCUT2D eigenvalue weighted by molar-refractivity contribution is 0.215. The molecule has 3 aromatic heterocycles. The molecule has 4 heterocycles. The quantitative estimate of drug-likeness (QED) is 0.477. The molecule has 1 N–H and O–H groups in total. The minimum atomic E-state index is 0.0486. The van der Waals surface area contributed by atoms with Gasteiger partial charge < -0.3 is 9.88 Å². The van der Waals surface area contributed by atoms with Gasteiger partial charge in [-0.05, 0) is 84.9 Å². The number of likely N-dealkylation sites (tertiary alicyclic amines) is 1. The average molecular weight is 465 g/mol. The molecule has 154 valence electrons. The molecule has 1 fully saturated rings. The van der Waals surface area contributed by atoms with E-state index in [-0.39, 0.29) is 5.56 Å². The highest BCUT2D eigenvalue weighted by Crippen LogP contribution is 2.33. The van der Waals surface area contributed by atoms with Gasteiger partial charge in [0, 0.05) is 45.6 Å². The van der Waals surface area contributed by atoms with Crippen molar-refractivity contribution in [3.8, 4) is 0 Å². The monoisotopic (exact) mass is 464 g/mol. The summed E-state index contributed by atoms with van der Waals surface area (Å²) >= 11 is 3.45. The number of benzene rings is 1. The van der Waals surface area contributed by atoms with Gasteiger partial charge in [0.1, 0.15) is 5.65 Å². The molecule has 5 rings (SSSR count). The SMILES string of the molecule is Cc1nc2ccc(Br)cn2c(=O)c1CCN1CCC(c2c[nH]c3ccccc23)CC1. The van der Waals surface area contributed by atoms with Gasteiger partial charge >= 0.3 is 0 Å². The van der Waals surface area contributed by atoms with Crippen LogP contribution in [0.15, 0.2) is 58.1 Å². The van der Waals surface area contributed by atoms with E-state index in [0.717, 1.165) is 54.6 Å². The molecule has 1 aliphatic rings. The maximum Gasteiger partial charge on any atom is 0.261 e. The number of fused-ring (bicyclic) bond motifs is 2. The van der Waals surface area contributed by atoms with Crippen molar-refractivity contribution in [1.82, 2.24) is 19.3 Å². The summed E-state index contributed by atoms with van der Waals surface area (Å²) in [4.78, 5) is 23.5. The number of para-hydroxylation sites is 1. The molecule has 30 heavy (non-hydrogen) atoms. The first-order chi connectivity index (χ1) is 14.6. The predicted molar refractivity (Wildman–Crippen MR) is 124 cm³/mol. The van der Waals surface area contributed by atoms with Crippen molar-refractivity contribution >= 4 is 32.5 Å². The molecule has 5 nitrogen and oxygen atoms in total. The molecule has 0 radical (unpaired) electrons. The number of piperidine rings is 1. The molecular formula is C24H25BrN4O. The summed E-state index contributed by atoms with van der Waals surface area (Å²) in [5.41, 5.74) is 5.08. The number of hydrogen-bond donors (Lipinski definition) is 1. The van der Waals surface area contributed by atoms with Crippen molar-refractivity contribution in [3.63, 3.8) is 0 Å². The minimum absolute atomic E-state index is 0.0486. The van der Waals surface area contributed by atoms with Crippen LogP contribution < -0.4 is 5.56 Å². The third-order valence-corrected chi connectivity index (χ3v) is 6.88. The summed E-state index contributed by atoms with van der Waals surface area (Å²) in [6.45, 7) is 4.98. The van der Waals surface area contributed by atoms with E-state index in [9.17, 15) is 4.79 Å². The number of nitrogens with one attached hydrogen (secondary N) is 1. The number of aryl methyl sites for hydroxylation is 1. The molecular weight excluding hydrogens is 440 g/mol. The van der Waals surface area contributed by atoms with Crippen LogP contribution in [0.25, 0.3) is 16.6 Å². The molecule has 4 aromatic rings. The van der Waals surface area contributed by atoms with E-state index in [2.05, 4.69) is 61.3 Å². The van der Waals surface area contributed by atoms with Crippen molar-refractivity contribution in [3.05, 3.63) is 80.4 Å². The van der Waals surface area contributed by atoms with Crippen molar-refractivity contribution in [2.24, 2.45) is 0 Å². The first kappa shape index (κ1) is 19.5. The molecule has 0 spiro atoms. The van der Waals surface area contributed by atoms with Crippen LogP contribution >= 0.6 is 15.9 Å². The zero-order valence-corrected chi connectivity index (χ0v) is 18.7. The van der Waals surface area contributed by atoms with E-state index in [1.165, 1.54) is 16.5 Å². The van der Waals surface area contributed by atoms with Crippen LogP contribution in [-0.4, -0.2) is 38.9 Å². The number of pyridine rings is 1. The van der Waals surface area contributed by atoms with Crippen molar-refractivity contribution in [2.75, 3.05) is 19.6 Å². The molecule has 0 amide bonds. The van der Waals surface area contributed by atoms with E-state index in [4.69, 9.17) is 0 Å². The molecule has 6 heteroatoms. The lowest BCUT2D eigenvalue weighted by Crippen LogP contribution is -2.35. The first-order valence-corrected chi connectivity index (χ1v) is 11.4. The molecule has 0 bridgehead atoms. The topological polar surface area (TPSA) is 53.4 Å². The minimum Gasteiger partial charge on any atom is -0.361 e. The fraction of sp³-hybridized carbons (Fsp3) is 0.333. The highest BCUT2D eigenvalue weighted by atomic mass is 79.9. The predicted octanol–water partition coefficient (Wildman–Crippen LogP) is 4.67. The molecule has 0 saturated carbocycles. The van der Waals surface area contributed by atoms with Gasteiger partial charge in [0.15, 0.2) is 0 Å². The Hall–Kier alpha value is -2.44. The van der Waals surface area contributed by atoms with E-state index < -0.39 is 0 Å². The average Bonchev–Trinajstić information content (AvgIpc) is 3.19. The van der Waals surface area contributed by atoms with Crippen LogP contribution in [0, 0.1) is 6.92 Å². The lowest BCUT2D eigenvalue weighted by atomic mass is 9.89. The smallest absolute Gasteiger partial charge is 0.261 e. The van der Waals surface area contributed by atoms with Gasteiger partial charge in [0.05, 0.1) is 0 Å². The number of aromatic nitrogens is 3. The van der Waals surface area contributed by atoms with Crippen LogP contribution in [0.5, 0.6) is 0 Å². The molecule has 0 unspecified atom stereocenters. The second-order valence-corrected chi connectivity index (χ2v) is 9.13. The van der Waals surface area contributed by atoms with Crippen molar-refractivity contribution < 1.29 is 0 Å². The van der Waals surface area contributed by atoms with Gasteiger partial charge in [-0.15, -0.1) is 0 Å². The Morgan fingerprint density at radius 1 is 1.17 bits per heavy atom. The number of nitrogens with zero attached hydrogens (tertiary/aromatic N) is 3. The third-order valence-electron chi connectivity index (χ3n) is 6.41. The van der Waals surface area contributed by atoms with Crippen molar-refractivity contribution in [2.45, 2.75) is 32.1 Å². The summed E-state index contributed by atoms with van der Waals surface area (Å²) in [6.07, 6.45) is 7.05. The fourth-order valence-electron chi connectivity index (χ4n) is 4.72. The summed E-state index contributed by atoms with van der Waals surface area (Å²) in [6, 6.07) is 12.3. The van der Waals surface area contributed by atoms with Gasteiger partial charge in [-0.2, -0.15) is 0 Å². The molecule has 1 saturated heterocycles. The first-order valence-electron chi connectivity index (χ1n) is 10.6. The van der Waals surface area contributed by atoms with Crippen LogP contribution in [0.2, 0.25) is 0 Å². The Bertz CT molecular complexity index is 1270. The standard InChI is InChI=1S/C24H25BrN4O/c1-16-19(24(30)29-15-18(25)6-7-23(29)27-16)10-13-28-11-8-17(9-12-28)21-14-26-22-5-3-2-4-20(21)22/h2-7,14-15,17,26H,8-13H2,1H3. The van der Waals surface area contributed by atoms with Crippen LogP contribution in [0.4, 0.5) is 0 Å². The Kier molecular flexibility index (Phi) is 5.21. The summed E-state index contributed by atoms with van der Waals surface area (Å²) in [5.74, 6) is 0.601.